The summed E-state index contributed by atoms with van der Waals surface area (Å²) in [6.45, 7) is 5.29. The van der Waals surface area contributed by atoms with Crippen molar-refractivity contribution in [3.05, 3.63) is 60.2 Å². The lowest BCUT2D eigenvalue weighted by Gasteiger charge is -2.23. The fourth-order valence-electron chi connectivity index (χ4n) is 2.88. The number of halogens is 3. The maximum atomic E-state index is 12.4. The smallest absolute Gasteiger partial charge is 0.444 e. The van der Waals surface area contributed by atoms with E-state index < -0.39 is 23.8 Å². The molecule has 0 saturated carbocycles. The first kappa shape index (κ1) is 28.0. The van der Waals surface area contributed by atoms with Crippen LogP contribution in [0.2, 0.25) is 0 Å². The quantitative estimate of drug-likeness (QED) is 0.401. The van der Waals surface area contributed by atoms with Gasteiger partial charge in [0, 0.05) is 23.0 Å². The fourth-order valence-corrected chi connectivity index (χ4v) is 3.48. The summed E-state index contributed by atoms with van der Waals surface area (Å²) >= 11 is 0.993. The van der Waals surface area contributed by atoms with Gasteiger partial charge in [0.2, 0.25) is 5.91 Å². The molecular weight excluding hydrogens is 483 g/mol. The van der Waals surface area contributed by atoms with Crippen LogP contribution in [-0.2, 0) is 20.7 Å². The molecule has 2 rings (SSSR count). The number of rotatable bonds is 9. The Bertz CT molecular complexity index is 994. The third kappa shape index (κ3) is 11.2. The van der Waals surface area contributed by atoms with Crippen LogP contribution in [0.5, 0.6) is 0 Å². The van der Waals surface area contributed by atoms with E-state index in [1.165, 1.54) is 24.3 Å². The molecule has 0 spiro atoms. The third-order valence-corrected chi connectivity index (χ3v) is 5.26. The summed E-state index contributed by atoms with van der Waals surface area (Å²) in [5, 5.41) is 4.57. The topological polar surface area (TPSA) is 96.5 Å². The van der Waals surface area contributed by atoms with Crippen LogP contribution in [-0.4, -0.2) is 35.7 Å². The number of amides is 3. The largest absolute Gasteiger partial charge is 0.471 e. The van der Waals surface area contributed by atoms with Crippen LogP contribution >= 0.6 is 11.9 Å². The van der Waals surface area contributed by atoms with E-state index in [1.807, 2.05) is 30.3 Å². The Morgan fingerprint density at radius 2 is 1.60 bits per heavy atom. The Balaban J connectivity index is 1.87. The van der Waals surface area contributed by atoms with E-state index in [0.717, 1.165) is 17.5 Å². The summed E-state index contributed by atoms with van der Waals surface area (Å²) < 4.78 is 45.0. The van der Waals surface area contributed by atoms with Crippen LogP contribution in [0, 0.1) is 0 Å². The molecule has 11 heteroatoms. The van der Waals surface area contributed by atoms with Gasteiger partial charge in [-0.1, -0.05) is 30.3 Å². The summed E-state index contributed by atoms with van der Waals surface area (Å²) in [5.41, 5.74) is 0.335. The molecule has 0 aliphatic carbocycles. The van der Waals surface area contributed by atoms with E-state index in [1.54, 1.807) is 26.1 Å². The van der Waals surface area contributed by atoms with E-state index in [9.17, 15) is 27.6 Å². The number of alkyl carbamates (subject to hydrolysis) is 1. The molecule has 2 aromatic carbocycles. The molecule has 0 aliphatic heterocycles. The first-order chi connectivity index (χ1) is 16.3. The highest BCUT2D eigenvalue weighted by molar-refractivity contribution is 7.98. The van der Waals surface area contributed by atoms with Gasteiger partial charge in [-0.2, -0.15) is 13.2 Å². The zero-order chi connectivity index (χ0) is 26.1. The molecule has 0 aromatic heterocycles. The SMILES string of the molecule is CC(C)(C)OC(=O)NC(CCC(=O)NSc1ccc(NC(=O)C(F)(F)F)cc1)Cc1ccccc1. The second-order valence-corrected chi connectivity index (χ2v) is 9.55. The van der Waals surface area contributed by atoms with Gasteiger partial charge in [0.25, 0.3) is 0 Å². The van der Waals surface area contributed by atoms with Crippen LogP contribution in [0.25, 0.3) is 0 Å². The Labute approximate surface area is 206 Å². The van der Waals surface area contributed by atoms with Crippen LogP contribution in [0.1, 0.15) is 39.2 Å². The van der Waals surface area contributed by atoms with Crippen LogP contribution in [0.15, 0.2) is 59.5 Å². The monoisotopic (exact) mass is 511 g/mol. The van der Waals surface area contributed by atoms with Crippen molar-refractivity contribution in [1.29, 1.82) is 0 Å². The number of carbonyl (C=O) groups excluding carboxylic acids is 3. The molecule has 0 heterocycles. The molecular formula is C24H28F3N3O4S. The van der Waals surface area contributed by atoms with Gasteiger partial charge in [0.15, 0.2) is 0 Å². The molecule has 3 N–H and O–H groups in total. The average molecular weight is 512 g/mol. The van der Waals surface area contributed by atoms with Crippen molar-refractivity contribution in [2.45, 2.75) is 62.7 Å². The molecule has 3 amide bonds. The zero-order valence-electron chi connectivity index (χ0n) is 19.6. The van der Waals surface area contributed by atoms with Gasteiger partial charge in [-0.25, -0.2) is 4.79 Å². The van der Waals surface area contributed by atoms with Crippen molar-refractivity contribution in [1.82, 2.24) is 10.0 Å². The molecule has 0 aliphatic rings. The number of carbonyl (C=O) groups is 3. The predicted molar refractivity (Wildman–Crippen MR) is 128 cm³/mol. The van der Waals surface area contributed by atoms with Crippen LogP contribution in [0.4, 0.5) is 23.7 Å². The molecule has 35 heavy (non-hydrogen) atoms. The van der Waals surface area contributed by atoms with Crippen molar-refractivity contribution < 1.29 is 32.3 Å². The Morgan fingerprint density at radius 1 is 0.971 bits per heavy atom. The molecule has 2 aromatic rings. The molecule has 0 saturated heterocycles. The number of nitrogens with one attached hydrogen (secondary N) is 3. The zero-order valence-corrected chi connectivity index (χ0v) is 20.4. The van der Waals surface area contributed by atoms with E-state index in [2.05, 4.69) is 10.0 Å². The molecule has 1 unspecified atom stereocenters. The third-order valence-electron chi connectivity index (χ3n) is 4.42. The van der Waals surface area contributed by atoms with Crippen LogP contribution in [0.3, 0.4) is 0 Å². The summed E-state index contributed by atoms with van der Waals surface area (Å²) in [6.07, 6.45) is -4.53. The van der Waals surface area contributed by atoms with Gasteiger partial charge in [-0.15, -0.1) is 0 Å². The highest BCUT2D eigenvalue weighted by Gasteiger charge is 2.38. The molecule has 0 bridgehead atoms. The normalized spacial score (nSPS) is 12.4. The summed E-state index contributed by atoms with van der Waals surface area (Å²) in [5.74, 6) is -2.34. The van der Waals surface area contributed by atoms with Crippen LogP contribution < -0.4 is 15.4 Å². The second-order valence-electron chi connectivity index (χ2n) is 8.68. The van der Waals surface area contributed by atoms with Gasteiger partial charge in [-0.3, -0.25) is 14.3 Å². The molecule has 0 radical (unpaired) electrons. The molecule has 7 nitrogen and oxygen atoms in total. The lowest BCUT2D eigenvalue weighted by molar-refractivity contribution is -0.167. The van der Waals surface area contributed by atoms with Gasteiger partial charge in [0.1, 0.15) is 5.60 Å². The van der Waals surface area contributed by atoms with Gasteiger partial charge >= 0.3 is 18.2 Å². The highest BCUT2D eigenvalue weighted by Crippen LogP contribution is 2.21. The van der Waals surface area contributed by atoms with E-state index in [-0.39, 0.29) is 24.1 Å². The van der Waals surface area contributed by atoms with Crippen molar-refractivity contribution in [2.24, 2.45) is 0 Å². The minimum atomic E-state index is -4.97. The van der Waals surface area contributed by atoms with Gasteiger partial charge in [-0.05, 0) is 75.4 Å². The number of anilines is 1. The number of alkyl halides is 3. The fraction of sp³-hybridized carbons (Fsp3) is 0.375. The first-order valence-electron chi connectivity index (χ1n) is 10.8. The minimum Gasteiger partial charge on any atom is -0.444 e. The Hall–Kier alpha value is -3.21. The molecule has 1 atom stereocenters. The second kappa shape index (κ2) is 12.5. The molecule has 0 fully saturated rings. The van der Waals surface area contributed by atoms with Crippen molar-refractivity contribution in [3.63, 3.8) is 0 Å². The lowest BCUT2D eigenvalue weighted by Crippen LogP contribution is -2.40. The van der Waals surface area contributed by atoms with E-state index in [0.29, 0.717) is 17.7 Å². The highest BCUT2D eigenvalue weighted by atomic mass is 32.2. The molecule has 190 valence electrons. The number of benzene rings is 2. The maximum Gasteiger partial charge on any atom is 0.471 e. The standard InChI is InChI=1S/C24H28F3N3O4S/c1-23(2,3)34-22(33)29-18(15-16-7-5-4-6-8-16)11-14-20(31)30-35-19-12-9-17(10-13-19)28-21(32)24(25,26)27/h4-10,12-13,18H,11,14-15H2,1-3H3,(H,28,32)(H,29,33)(H,30,31). The van der Waals surface area contributed by atoms with Gasteiger partial charge < -0.3 is 15.4 Å². The van der Waals surface area contributed by atoms with Crippen molar-refractivity contribution in [3.8, 4) is 0 Å². The lowest BCUT2D eigenvalue weighted by atomic mass is 10.0. The van der Waals surface area contributed by atoms with Crippen molar-refractivity contribution >= 4 is 35.5 Å². The Kier molecular flexibility index (Phi) is 10.00. The maximum absolute atomic E-state index is 12.4. The number of ether oxygens (including phenoxy) is 1. The number of hydrogen-bond donors (Lipinski definition) is 3. The summed E-state index contributed by atoms with van der Waals surface area (Å²) in [4.78, 5) is 36.1. The Morgan fingerprint density at radius 3 is 2.17 bits per heavy atom. The summed E-state index contributed by atoms with van der Waals surface area (Å²) in [7, 11) is 0. The first-order valence-corrected chi connectivity index (χ1v) is 11.6. The van der Waals surface area contributed by atoms with Gasteiger partial charge in [0.05, 0.1) is 0 Å². The predicted octanol–water partition coefficient (Wildman–Crippen LogP) is 5.23. The minimum absolute atomic E-state index is 0.0139. The van der Waals surface area contributed by atoms with Crippen molar-refractivity contribution in [2.75, 3.05) is 5.32 Å². The summed E-state index contributed by atoms with van der Waals surface area (Å²) in [6, 6.07) is 14.8. The van der Waals surface area contributed by atoms with E-state index >= 15 is 0 Å². The van der Waals surface area contributed by atoms with E-state index in [4.69, 9.17) is 4.74 Å². The number of hydrogen-bond acceptors (Lipinski definition) is 5. The average Bonchev–Trinajstić information content (AvgIpc) is 2.75.